The van der Waals surface area contributed by atoms with Gasteiger partial charge in [-0.1, -0.05) is 37.0 Å². The molecule has 3 rings (SSSR count). The Morgan fingerprint density at radius 2 is 1.48 bits per heavy atom. The van der Waals surface area contributed by atoms with Crippen molar-refractivity contribution in [2.24, 2.45) is 11.8 Å². The fraction of sp³-hybridized carbons (Fsp3) is 0.348. The number of hydrogen-bond donors (Lipinski definition) is 0. The van der Waals surface area contributed by atoms with E-state index in [0.29, 0.717) is 30.6 Å². The first-order chi connectivity index (χ1) is 15.7. The summed E-state index contributed by atoms with van der Waals surface area (Å²) >= 11 is 18.4. The van der Waals surface area contributed by atoms with Crippen LogP contribution in [-0.4, -0.2) is 37.1 Å². The second kappa shape index (κ2) is 11.5. The van der Waals surface area contributed by atoms with E-state index in [4.69, 9.17) is 44.3 Å². The second-order valence-electron chi connectivity index (χ2n) is 7.93. The molecule has 0 aliphatic heterocycles. The standard InChI is InChI=1S/C23H25Cl3N2O4S/c1-16(11-24)13-31-22-5-3-18(9-20(22)25)33(29,30)19-4-6-23(21(26)10-19)32-14-17(2)12-28-8-7-27-15-28/h3-10,15-17H,11-14H2,1-2H3. The lowest BCUT2D eigenvalue weighted by Gasteiger charge is -2.15. The molecule has 1 heterocycles. The quantitative estimate of drug-likeness (QED) is 0.284. The highest BCUT2D eigenvalue weighted by Crippen LogP contribution is 2.33. The van der Waals surface area contributed by atoms with Gasteiger partial charge < -0.3 is 14.0 Å². The molecular weight excluding hydrogens is 507 g/mol. The van der Waals surface area contributed by atoms with Crippen LogP contribution in [0, 0.1) is 11.8 Å². The van der Waals surface area contributed by atoms with Gasteiger partial charge in [0.15, 0.2) is 0 Å². The molecule has 0 spiro atoms. The Morgan fingerprint density at radius 1 is 0.939 bits per heavy atom. The molecule has 0 aliphatic rings. The van der Waals surface area contributed by atoms with Crippen molar-refractivity contribution < 1.29 is 17.9 Å². The summed E-state index contributed by atoms with van der Waals surface area (Å²) < 4.78 is 39.6. The molecule has 0 amide bonds. The maximum absolute atomic E-state index is 13.1. The maximum atomic E-state index is 13.1. The van der Waals surface area contributed by atoms with E-state index in [1.807, 2.05) is 24.6 Å². The van der Waals surface area contributed by atoms with Crippen molar-refractivity contribution in [1.29, 1.82) is 0 Å². The summed E-state index contributed by atoms with van der Waals surface area (Å²) in [5.41, 5.74) is 0. The third-order valence-electron chi connectivity index (χ3n) is 4.82. The lowest BCUT2D eigenvalue weighted by atomic mass is 10.2. The predicted octanol–water partition coefficient (Wildman–Crippen LogP) is 5.99. The number of imidazole rings is 1. The number of alkyl halides is 1. The molecule has 2 aromatic carbocycles. The lowest BCUT2D eigenvalue weighted by Crippen LogP contribution is -2.14. The number of benzene rings is 2. The average Bonchev–Trinajstić information content (AvgIpc) is 3.30. The monoisotopic (exact) mass is 530 g/mol. The molecule has 0 saturated carbocycles. The highest BCUT2D eigenvalue weighted by molar-refractivity contribution is 7.91. The van der Waals surface area contributed by atoms with Gasteiger partial charge in [0, 0.05) is 36.7 Å². The zero-order chi connectivity index (χ0) is 24.0. The van der Waals surface area contributed by atoms with Gasteiger partial charge in [-0.15, -0.1) is 11.6 Å². The van der Waals surface area contributed by atoms with Crippen molar-refractivity contribution in [3.05, 3.63) is 65.2 Å². The van der Waals surface area contributed by atoms with Crippen LogP contribution in [0.2, 0.25) is 10.0 Å². The summed E-state index contributed by atoms with van der Waals surface area (Å²) in [6, 6.07) is 8.78. The van der Waals surface area contributed by atoms with Crippen molar-refractivity contribution >= 4 is 44.6 Å². The van der Waals surface area contributed by atoms with E-state index in [1.165, 1.54) is 30.3 Å². The van der Waals surface area contributed by atoms with Gasteiger partial charge in [-0.25, -0.2) is 13.4 Å². The van der Waals surface area contributed by atoms with Crippen molar-refractivity contribution in [2.45, 2.75) is 30.2 Å². The molecule has 0 bridgehead atoms. The summed E-state index contributed by atoms with van der Waals surface area (Å²) in [6.07, 6.45) is 5.35. The summed E-state index contributed by atoms with van der Waals surface area (Å²) in [5.74, 6) is 1.62. The van der Waals surface area contributed by atoms with Crippen LogP contribution in [0.1, 0.15) is 13.8 Å². The van der Waals surface area contributed by atoms with E-state index < -0.39 is 9.84 Å². The molecule has 1 aromatic heterocycles. The highest BCUT2D eigenvalue weighted by Gasteiger charge is 2.21. The Hall–Kier alpha value is -1.93. The lowest BCUT2D eigenvalue weighted by molar-refractivity contribution is 0.244. The second-order valence-corrected chi connectivity index (χ2v) is 11.0. The van der Waals surface area contributed by atoms with Crippen molar-refractivity contribution in [3.8, 4) is 11.5 Å². The molecule has 3 aromatic rings. The Labute approximate surface area is 209 Å². The summed E-state index contributed by atoms with van der Waals surface area (Å²) in [5, 5.41) is 0.419. The van der Waals surface area contributed by atoms with Gasteiger partial charge in [0.1, 0.15) is 11.5 Å². The number of hydrogen-bond acceptors (Lipinski definition) is 5. The number of halogens is 3. The largest absolute Gasteiger partial charge is 0.492 e. The van der Waals surface area contributed by atoms with Crippen molar-refractivity contribution in [3.63, 3.8) is 0 Å². The maximum Gasteiger partial charge on any atom is 0.206 e. The molecule has 178 valence electrons. The summed E-state index contributed by atoms with van der Waals surface area (Å²) in [4.78, 5) is 4.11. The minimum atomic E-state index is -3.83. The van der Waals surface area contributed by atoms with Gasteiger partial charge >= 0.3 is 0 Å². The normalized spacial score (nSPS) is 13.5. The molecule has 0 aliphatic carbocycles. The first kappa shape index (κ1) is 25.7. The van der Waals surface area contributed by atoms with Crippen LogP contribution in [-0.2, 0) is 16.4 Å². The molecule has 0 N–H and O–H groups in total. The molecule has 2 unspecified atom stereocenters. The molecule has 6 nitrogen and oxygen atoms in total. The van der Waals surface area contributed by atoms with Gasteiger partial charge in [0.25, 0.3) is 0 Å². The number of nitrogens with zero attached hydrogens (tertiary/aromatic N) is 2. The topological polar surface area (TPSA) is 70.4 Å². The zero-order valence-corrected chi connectivity index (χ0v) is 21.3. The minimum absolute atomic E-state index is 0.0453. The Bertz CT molecular complexity index is 1170. The van der Waals surface area contributed by atoms with Gasteiger partial charge in [-0.2, -0.15) is 0 Å². The fourth-order valence-electron chi connectivity index (χ4n) is 2.98. The van der Waals surface area contributed by atoms with E-state index >= 15 is 0 Å². The van der Waals surface area contributed by atoms with Crippen LogP contribution in [0.15, 0.2) is 64.9 Å². The smallest absolute Gasteiger partial charge is 0.206 e. The van der Waals surface area contributed by atoms with E-state index in [2.05, 4.69) is 4.98 Å². The summed E-state index contributed by atoms with van der Waals surface area (Å²) in [7, 11) is -3.83. The number of aromatic nitrogens is 2. The molecule has 10 heteroatoms. The summed E-state index contributed by atoms with van der Waals surface area (Å²) in [6.45, 7) is 5.53. The average molecular weight is 532 g/mol. The first-order valence-corrected chi connectivity index (χ1v) is 13.1. The molecule has 33 heavy (non-hydrogen) atoms. The van der Waals surface area contributed by atoms with Crippen LogP contribution < -0.4 is 9.47 Å². The van der Waals surface area contributed by atoms with Crippen LogP contribution >= 0.6 is 34.8 Å². The Balaban J connectivity index is 1.69. The van der Waals surface area contributed by atoms with Crippen LogP contribution in [0.5, 0.6) is 11.5 Å². The Morgan fingerprint density at radius 3 is 1.94 bits per heavy atom. The molecule has 2 atom stereocenters. The molecule has 0 fully saturated rings. The number of sulfone groups is 1. The SMILES string of the molecule is CC(CCl)COc1ccc(S(=O)(=O)c2ccc(OCC(C)Cn3ccnc3)c(Cl)c2)cc1Cl. The molecule has 0 saturated heterocycles. The van der Waals surface area contributed by atoms with E-state index in [9.17, 15) is 8.42 Å². The minimum Gasteiger partial charge on any atom is -0.492 e. The van der Waals surface area contributed by atoms with E-state index in [1.54, 1.807) is 18.6 Å². The third-order valence-corrected chi connectivity index (χ3v) is 7.69. The third kappa shape index (κ3) is 6.79. The predicted molar refractivity (Wildman–Crippen MR) is 131 cm³/mol. The van der Waals surface area contributed by atoms with Gasteiger partial charge in [0.05, 0.1) is 39.4 Å². The van der Waals surface area contributed by atoms with Crippen molar-refractivity contribution in [1.82, 2.24) is 9.55 Å². The molecule has 0 radical (unpaired) electrons. The van der Waals surface area contributed by atoms with E-state index in [-0.39, 0.29) is 31.7 Å². The van der Waals surface area contributed by atoms with Crippen molar-refractivity contribution in [2.75, 3.05) is 19.1 Å². The van der Waals surface area contributed by atoms with Gasteiger partial charge in [0.2, 0.25) is 9.84 Å². The fourth-order valence-corrected chi connectivity index (χ4v) is 4.98. The zero-order valence-electron chi connectivity index (χ0n) is 18.2. The molecular formula is C23H25Cl3N2O4S. The number of rotatable bonds is 11. The highest BCUT2D eigenvalue weighted by atomic mass is 35.5. The van der Waals surface area contributed by atoms with Gasteiger partial charge in [-0.3, -0.25) is 0 Å². The van der Waals surface area contributed by atoms with Crippen LogP contribution in [0.4, 0.5) is 0 Å². The van der Waals surface area contributed by atoms with Crippen LogP contribution in [0.25, 0.3) is 0 Å². The number of ether oxygens (including phenoxy) is 2. The van der Waals surface area contributed by atoms with Crippen LogP contribution in [0.3, 0.4) is 0 Å². The first-order valence-electron chi connectivity index (χ1n) is 10.3. The van der Waals surface area contributed by atoms with E-state index in [0.717, 1.165) is 6.54 Å². The Kier molecular flexibility index (Phi) is 8.93. The van der Waals surface area contributed by atoms with Gasteiger partial charge in [-0.05, 0) is 36.4 Å².